The molecule has 0 aromatic heterocycles. The second kappa shape index (κ2) is 4.90. The standard InChI is InChI=1S/C12H15BrFNO2S/c13-11-9(2-1-3-10(11)14)6-12(7-15)4-5-18(16,17)8-12/h1-3H,4-8,15H2. The highest BCUT2D eigenvalue weighted by atomic mass is 79.9. The van der Waals surface area contributed by atoms with Gasteiger partial charge in [0.25, 0.3) is 0 Å². The fraction of sp³-hybridized carbons (Fsp3) is 0.500. The predicted molar refractivity (Wildman–Crippen MR) is 72.6 cm³/mol. The van der Waals surface area contributed by atoms with Crippen molar-refractivity contribution in [1.82, 2.24) is 0 Å². The minimum atomic E-state index is -3.00. The molecule has 1 atom stereocenters. The van der Waals surface area contributed by atoms with Crippen molar-refractivity contribution in [2.24, 2.45) is 11.1 Å². The summed E-state index contributed by atoms with van der Waals surface area (Å²) >= 11 is 3.20. The SMILES string of the molecule is NCC1(Cc2cccc(F)c2Br)CCS(=O)(=O)C1. The Morgan fingerprint density at radius 1 is 1.44 bits per heavy atom. The van der Waals surface area contributed by atoms with E-state index in [1.54, 1.807) is 12.1 Å². The fourth-order valence-corrected chi connectivity index (χ4v) is 5.03. The van der Waals surface area contributed by atoms with Gasteiger partial charge in [-0.2, -0.15) is 0 Å². The van der Waals surface area contributed by atoms with Gasteiger partial charge in [-0.25, -0.2) is 12.8 Å². The summed E-state index contributed by atoms with van der Waals surface area (Å²) in [6.45, 7) is 0.301. The van der Waals surface area contributed by atoms with Gasteiger partial charge in [-0.05, 0) is 46.9 Å². The molecule has 1 unspecified atom stereocenters. The van der Waals surface area contributed by atoms with Crippen LogP contribution in [0.4, 0.5) is 4.39 Å². The maximum absolute atomic E-state index is 13.4. The Morgan fingerprint density at radius 3 is 2.72 bits per heavy atom. The number of rotatable bonds is 3. The van der Waals surface area contributed by atoms with E-state index in [0.717, 1.165) is 5.56 Å². The summed E-state index contributed by atoms with van der Waals surface area (Å²) in [6, 6.07) is 4.80. The molecule has 18 heavy (non-hydrogen) atoms. The second-order valence-electron chi connectivity index (χ2n) is 4.94. The van der Waals surface area contributed by atoms with Gasteiger partial charge in [0.2, 0.25) is 0 Å². The van der Waals surface area contributed by atoms with Crippen molar-refractivity contribution < 1.29 is 12.8 Å². The smallest absolute Gasteiger partial charge is 0.150 e. The summed E-state index contributed by atoms with van der Waals surface area (Å²) in [5.41, 5.74) is 6.08. The predicted octanol–water partition coefficient (Wildman–Crippen LogP) is 1.89. The first-order valence-corrected chi connectivity index (χ1v) is 8.32. The van der Waals surface area contributed by atoms with Gasteiger partial charge in [-0.3, -0.25) is 0 Å². The molecule has 0 radical (unpaired) electrons. The highest BCUT2D eigenvalue weighted by molar-refractivity contribution is 9.10. The molecule has 6 heteroatoms. The van der Waals surface area contributed by atoms with Crippen LogP contribution in [0.15, 0.2) is 22.7 Å². The van der Waals surface area contributed by atoms with Crippen molar-refractivity contribution in [1.29, 1.82) is 0 Å². The van der Waals surface area contributed by atoms with E-state index in [1.807, 2.05) is 0 Å². The molecular weight excluding hydrogens is 321 g/mol. The number of hydrogen-bond acceptors (Lipinski definition) is 3. The molecule has 1 aromatic carbocycles. The molecule has 1 aliphatic heterocycles. The van der Waals surface area contributed by atoms with E-state index in [4.69, 9.17) is 5.73 Å². The van der Waals surface area contributed by atoms with Gasteiger partial charge in [0.05, 0.1) is 16.0 Å². The van der Waals surface area contributed by atoms with Gasteiger partial charge in [0, 0.05) is 5.41 Å². The normalized spacial score (nSPS) is 26.4. The lowest BCUT2D eigenvalue weighted by Crippen LogP contribution is -2.34. The Morgan fingerprint density at radius 2 is 2.17 bits per heavy atom. The molecule has 1 saturated heterocycles. The molecule has 100 valence electrons. The quantitative estimate of drug-likeness (QED) is 0.917. The summed E-state index contributed by atoms with van der Waals surface area (Å²) in [6.07, 6.45) is 1.04. The van der Waals surface area contributed by atoms with Crippen LogP contribution in [0.2, 0.25) is 0 Å². The van der Waals surface area contributed by atoms with Crippen LogP contribution in [0.3, 0.4) is 0 Å². The average molecular weight is 336 g/mol. The Bertz CT molecular complexity index is 561. The third-order valence-corrected chi connectivity index (χ3v) is 6.27. The summed E-state index contributed by atoms with van der Waals surface area (Å²) in [5.74, 6) is -0.0585. The fourth-order valence-electron chi connectivity index (χ4n) is 2.44. The van der Waals surface area contributed by atoms with Gasteiger partial charge >= 0.3 is 0 Å². The Balaban J connectivity index is 2.29. The van der Waals surface area contributed by atoms with E-state index >= 15 is 0 Å². The topological polar surface area (TPSA) is 60.2 Å². The second-order valence-corrected chi connectivity index (χ2v) is 7.91. The van der Waals surface area contributed by atoms with Crippen LogP contribution >= 0.6 is 15.9 Å². The third-order valence-electron chi connectivity index (χ3n) is 3.50. The van der Waals surface area contributed by atoms with Crippen molar-refractivity contribution in [2.45, 2.75) is 12.8 Å². The van der Waals surface area contributed by atoms with Crippen LogP contribution in [-0.4, -0.2) is 26.5 Å². The molecule has 1 aromatic rings. The maximum Gasteiger partial charge on any atom is 0.150 e. The van der Waals surface area contributed by atoms with Crippen molar-refractivity contribution in [3.63, 3.8) is 0 Å². The summed E-state index contributed by atoms with van der Waals surface area (Å²) in [4.78, 5) is 0. The van der Waals surface area contributed by atoms with E-state index in [9.17, 15) is 12.8 Å². The molecule has 2 rings (SSSR count). The van der Waals surface area contributed by atoms with Crippen molar-refractivity contribution >= 4 is 25.8 Å². The van der Waals surface area contributed by atoms with Crippen molar-refractivity contribution in [2.75, 3.05) is 18.1 Å². The van der Waals surface area contributed by atoms with E-state index in [1.165, 1.54) is 6.07 Å². The molecule has 3 nitrogen and oxygen atoms in total. The monoisotopic (exact) mass is 335 g/mol. The van der Waals surface area contributed by atoms with E-state index in [2.05, 4.69) is 15.9 Å². The van der Waals surface area contributed by atoms with E-state index in [0.29, 0.717) is 23.9 Å². The van der Waals surface area contributed by atoms with Crippen LogP contribution in [0.1, 0.15) is 12.0 Å². The highest BCUT2D eigenvalue weighted by Crippen LogP contribution is 2.37. The molecule has 0 spiro atoms. The van der Waals surface area contributed by atoms with Crippen LogP contribution in [-0.2, 0) is 16.3 Å². The minimum Gasteiger partial charge on any atom is -0.330 e. The lowest BCUT2D eigenvalue weighted by molar-refractivity contribution is 0.343. The first-order valence-electron chi connectivity index (χ1n) is 5.71. The lowest BCUT2D eigenvalue weighted by Gasteiger charge is -2.26. The van der Waals surface area contributed by atoms with Gasteiger partial charge in [-0.15, -0.1) is 0 Å². The van der Waals surface area contributed by atoms with Gasteiger partial charge in [0.15, 0.2) is 9.84 Å². The molecule has 0 aliphatic carbocycles. The zero-order valence-electron chi connectivity index (χ0n) is 9.83. The van der Waals surface area contributed by atoms with E-state index in [-0.39, 0.29) is 17.3 Å². The molecule has 0 amide bonds. The average Bonchev–Trinajstić information content (AvgIpc) is 2.62. The Kier molecular flexibility index (Phi) is 3.80. The van der Waals surface area contributed by atoms with Crippen LogP contribution in [0.5, 0.6) is 0 Å². The Hall–Kier alpha value is -0.460. The molecule has 1 aliphatic rings. The van der Waals surface area contributed by atoms with Crippen molar-refractivity contribution in [3.05, 3.63) is 34.1 Å². The number of nitrogens with two attached hydrogens (primary N) is 1. The third kappa shape index (κ3) is 2.75. The number of sulfone groups is 1. The summed E-state index contributed by atoms with van der Waals surface area (Å²) < 4.78 is 37.1. The zero-order chi connectivity index (χ0) is 13.4. The molecule has 0 bridgehead atoms. The molecule has 0 saturated carbocycles. The van der Waals surface area contributed by atoms with Crippen molar-refractivity contribution in [3.8, 4) is 0 Å². The Labute approximate surface area is 115 Å². The largest absolute Gasteiger partial charge is 0.330 e. The number of hydrogen-bond donors (Lipinski definition) is 1. The van der Waals surface area contributed by atoms with Crippen LogP contribution < -0.4 is 5.73 Å². The van der Waals surface area contributed by atoms with Gasteiger partial charge < -0.3 is 5.73 Å². The molecule has 1 fully saturated rings. The number of benzene rings is 1. The van der Waals surface area contributed by atoms with Gasteiger partial charge in [0.1, 0.15) is 5.82 Å². The first kappa shape index (κ1) is 14.0. The first-order chi connectivity index (χ1) is 8.37. The molecule has 2 N–H and O–H groups in total. The minimum absolute atomic E-state index is 0.0967. The number of halogens is 2. The zero-order valence-corrected chi connectivity index (χ0v) is 12.2. The maximum atomic E-state index is 13.4. The lowest BCUT2D eigenvalue weighted by atomic mass is 9.81. The molecule has 1 heterocycles. The van der Waals surface area contributed by atoms with Crippen LogP contribution in [0.25, 0.3) is 0 Å². The van der Waals surface area contributed by atoms with E-state index < -0.39 is 15.3 Å². The molecular formula is C12H15BrFNO2S. The van der Waals surface area contributed by atoms with Crippen LogP contribution in [0, 0.1) is 11.2 Å². The summed E-state index contributed by atoms with van der Waals surface area (Å²) in [5, 5.41) is 0. The van der Waals surface area contributed by atoms with Gasteiger partial charge in [-0.1, -0.05) is 12.1 Å². The summed E-state index contributed by atoms with van der Waals surface area (Å²) in [7, 11) is -3.00. The highest BCUT2D eigenvalue weighted by Gasteiger charge is 2.41.